The second kappa shape index (κ2) is 13.9. The fourth-order valence-corrected chi connectivity index (χ4v) is 5.82. The third-order valence-electron chi connectivity index (χ3n) is 6.93. The predicted molar refractivity (Wildman–Crippen MR) is 164 cm³/mol. The third kappa shape index (κ3) is 7.95. The van der Waals surface area contributed by atoms with E-state index in [0.717, 1.165) is 43.9 Å². The first-order valence-electron chi connectivity index (χ1n) is 13.4. The maximum absolute atomic E-state index is 14.0. The molecule has 0 aliphatic heterocycles. The molecule has 9 heteroatoms. The maximum atomic E-state index is 14.0. The van der Waals surface area contributed by atoms with E-state index in [0.29, 0.717) is 12.2 Å². The number of hydrogen-bond acceptors (Lipinski definition) is 4. The molecule has 0 aliphatic carbocycles. The van der Waals surface area contributed by atoms with E-state index in [-0.39, 0.29) is 17.3 Å². The van der Waals surface area contributed by atoms with E-state index in [9.17, 15) is 18.0 Å². The second-order valence-electron chi connectivity index (χ2n) is 10.1. The van der Waals surface area contributed by atoms with Gasteiger partial charge in [-0.05, 0) is 87.2 Å². The average molecular weight is 629 g/mol. The van der Waals surface area contributed by atoms with Gasteiger partial charge in [0.1, 0.15) is 12.6 Å². The Morgan fingerprint density at radius 2 is 1.57 bits per heavy atom. The van der Waals surface area contributed by atoms with Crippen LogP contribution in [-0.2, 0) is 26.2 Å². The van der Waals surface area contributed by atoms with Crippen LogP contribution >= 0.6 is 15.9 Å². The van der Waals surface area contributed by atoms with Crippen molar-refractivity contribution in [3.63, 3.8) is 0 Å². The van der Waals surface area contributed by atoms with Crippen LogP contribution in [0.3, 0.4) is 0 Å². The van der Waals surface area contributed by atoms with Crippen molar-refractivity contribution in [2.75, 3.05) is 17.4 Å². The number of amides is 2. The molecule has 0 saturated carbocycles. The fraction of sp³-hybridized carbons (Fsp3) is 0.355. The van der Waals surface area contributed by atoms with E-state index >= 15 is 0 Å². The molecule has 7 nitrogen and oxygen atoms in total. The van der Waals surface area contributed by atoms with E-state index in [1.165, 1.54) is 4.90 Å². The quantitative estimate of drug-likeness (QED) is 0.253. The molecular weight excluding hydrogens is 590 g/mol. The van der Waals surface area contributed by atoms with Gasteiger partial charge in [-0.3, -0.25) is 13.9 Å². The van der Waals surface area contributed by atoms with E-state index in [4.69, 9.17) is 0 Å². The topological polar surface area (TPSA) is 86.8 Å². The molecule has 0 radical (unpaired) electrons. The zero-order chi connectivity index (χ0) is 29.4. The molecular formula is C31H38BrN3O4S. The maximum Gasteiger partial charge on any atom is 0.264 e. The van der Waals surface area contributed by atoms with Crippen molar-refractivity contribution in [1.29, 1.82) is 0 Å². The number of unbranched alkanes of at least 4 members (excludes halogenated alkanes) is 1. The summed E-state index contributed by atoms with van der Waals surface area (Å²) in [5.41, 5.74) is 4.06. The summed E-state index contributed by atoms with van der Waals surface area (Å²) >= 11 is 3.43. The van der Waals surface area contributed by atoms with Crippen LogP contribution in [-0.4, -0.2) is 44.3 Å². The Kier molecular flexibility index (Phi) is 10.9. The van der Waals surface area contributed by atoms with Gasteiger partial charge in [0.05, 0.1) is 10.6 Å². The zero-order valence-corrected chi connectivity index (χ0v) is 26.2. The summed E-state index contributed by atoms with van der Waals surface area (Å²) in [6.07, 6.45) is 1.76. The lowest BCUT2D eigenvalue weighted by Crippen LogP contribution is -2.51. The van der Waals surface area contributed by atoms with Gasteiger partial charge >= 0.3 is 0 Å². The number of anilines is 1. The molecule has 0 bridgehead atoms. The van der Waals surface area contributed by atoms with Gasteiger partial charge in [0.2, 0.25) is 11.8 Å². The van der Waals surface area contributed by atoms with Crippen LogP contribution in [0.1, 0.15) is 48.9 Å². The van der Waals surface area contributed by atoms with Crippen molar-refractivity contribution in [3.8, 4) is 0 Å². The van der Waals surface area contributed by atoms with Crippen LogP contribution in [0.2, 0.25) is 0 Å². The molecule has 0 heterocycles. The zero-order valence-electron chi connectivity index (χ0n) is 23.8. The van der Waals surface area contributed by atoms with Crippen LogP contribution in [0.25, 0.3) is 0 Å². The molecule has 1 N–H and O–H groups in total. The summed E-state index contributed by atoms with van der Waals surface area (Å²) in [5, 5.41) is 2.90. The summed E-state index contributed by atoms with van der Waals surface area (Å²) < 4.78 is 29.9. The van der Waals surface area contributed by atoms with Crippen LogP contribution in [0.4, 0.5) is 5.69 Å². The Labute approximate surface area is 246 Å². The van der Waals surface area contributed by atoms with Crippen LogP contribution in [0.15, 0.2) is 76.1 Å². The van der Waals surface area contributed by atoms with Gasteiger partial charge in [-0.1, -0.05) is 65.2 Å². The molecule has 3 aromatic rings. The first-order chi connectivity index (χ1) is 18.9. The Hall–Kier alpha value is -3.17. The highest BCUT2D eigenvalue weighted by atomic mass is 79.9. The minimum atomic E-state index is -4.09. The van der Waals surface area contributed by atoms with Crippen LogP contribution < -0.4 is 9.62 Å². The molecule has 214 valence electrons. The molecule has 1 unspecified atom stereocenters. The van der Waals surface area contributed by atoms with Crippen LogP contribution in [0, 0.1) is 20.8 Å². The minimum absolute atomic E-state index is 0.0916. The highest BCUT2D eigenvalue weighted by Gasteiger charge is 2.32. The van der Waals surface area contributed by atoms with Crippen molar-refractivity contribution < 1.29 is 18.0 Å². The molecule has 0 saturated heterocycles. The van der Waals surface area contributed by atoms with Crippen molar-refractivity contribution >= 4 is 43.5 Å². The number of aryl methyl sites for hydroxylation is 3. The molecule has 3 rings (SSSR count). The standard InChI is InChI=1S/C31H38BrN3O4S/c1-6-7-18-33-31(37)25(5)34(20-26-11-13-27(32)14-12-26)30(36)21-35(28-15-10-23(3)24(4)19-28)40(38,39)29-16-8-22(2)9-17-29/h8-17,19,25H,6-7,18,20-21H2,1-5H3,(H,33,37). The molecule has 1 atom stereocenters. The highest BCUT2D eigenvalue weighted by molar-refractivity contribution is 9.10. The first-order valence-corrected chi connectivity index (χ1v) is 15.7. The molecule has 0 aliphatic rings. The first kappa shape index (κ1) is 31.4. The number of nitrogens with one attached hydrogen (secondary N) is 1. The van der Waals surface area contributed by atoms with Crippen LogP contribution in [0.5, 0.6) is 0 Å². The minimum Gasteiger partial charge on any atom is -0.354 e. The fourth-order valence-electron chi connectivity index (χ4n) is 4.15. The van der Waals surface area contributed by atoms with Crippen molar-refractivity contribution in [2.45, 2.75) is 64.9 Å². The SMILES string of the molecule is CCCCNC(=O)C(C)N(Cc1ccc(Br)cc1)C(=O)CN(c1ccc(C)c(C)c1)S(=O)(=O)c1ccc(C)cc1. The summed E-state index contributed by atoms with van der Waals surface area (Å²) in [5.74, 6) is -0.756. The number of halogens is 1. The van der Waals surface area contributed by atoms with Gasteiger partial charge in [-0.2, -0.15) is 0 Å². The molecule has 0 fully saturated rings. The summed E-state index contributed by atoms with van der Waals surface area (Å²) in [4.78, 5) is 28.6. The van der Waals surface area contributed by atoms with Gasteiger partial charge in [-0.25, -0.2) is 8.42 Å². The lowest BCUT2D eigenvalue weighted by Gasteiger charge is -2.32. The monoisotopic (exact) mass is 627 g/mol. The number of benzene rings is 3. The van der Waals surface area contributed by atoms with E-state index < -0.39 is 28.5 Å². The van der Waals surface area contributed by atoms with Crippen molar-refractivity contribution in [2.24, 2.45) is 0 Å². The number of hydrogen-bond donors (Lipinski definition) is 1. The molecule has 0 aromatic heterocycles. The van der Waals surface area contributed by atoms with Gasteiger partial charge < -0.3 is 10.2 Å². The van der Waals surface area contributed by atoms with E-state index in [1.54, 1.807) is 43.3 Å². The number of carbonyl (C=O) groups excluding carboxylic acids is 2. The summed E-state index contributed by atoms with van der Waals surface area (Å²) in [7, 11) is -4.09. The third-order valence-corrected chi connectivity index (χ3v) is 9.25. The van der Waals surface area contributed by atoms with Gasteiger partial charge in [0.25, 0.3) is 10.0 Å². The van der Waals surface area contributed by atoms with Gasteiger partial charge in [0, 0.05) is 17.6 Å². The smallest absolute Gasteiger partial charge is 0.264 e. The Morgan fingerprint density at radius 3 is 2.17 bits per heavy atom. The lowest BCUT2D eigenvalue weighted by atomic mass is 10.1. The summed E-state index contributed by atoms with van der Waals surface area (Å²) in [6.45, 7) is 9.65. The largest absolute Gasteiger partial charge is 0.354 e. The number of nitrogens with zero attached hydrogens (tertiary/aromatic N) is 2. The Balaban J connectivity index is 2.02. The lowest BCUT2D eigenvalue weighted by molar-refractivity contribution is -0.139. The Morgan fingerprint density at radius 1 is 0.925 bits per heavy atom. The normalized spacial score (nSPS) is 12.1. The number of carbonyl (C=O) groups is 2. The van der Waals surface area contributed by atoms with Crippen molar-refractivity contribution in [1.82, 2.24) is 10.2 Å². The summed E-state index contributed by atoms with van der Waals surface area (Å²) in [6, 6.07) is 18.6. The average Bonchev–Trinajstić information content (AvgIpc) is 2.92. The molecule has 40 heavy (non-hydrogen) atoms. The predicted octanol–water partition coefficient (Wildman–Crippen LogP) is 5.90. The van der Waals surface area contributed by atoms with Gasteiger partial charge in [-0.15, -0.1) is 0 Å². The number of rotatable bonds is 12. The molecule has 3 aromatic carbocycles. The Bertz CT molecular complexity index is 1420. The van der Waals surface area contributed by atoms with Gasteiger partial charge in [0.15, 0.2) is 0 Å². The number of sulfonamides is 1. The molecule has 2 amide bonds. The van der Waals surface area contributed by atoms with Crippen molar-refractivity contribution in [3.05, 3.63) is 93.5 Å². The van der Waals surface area contributed by atoms with E-state index in [2.05, 4.69) is 21.2 Å². The highest BCUT2D eigenvalue weighted by Crippen LogP contribution is 2.27. The second-order valence-corrected chi connectivity index (χ2v) is 12.8. The van der Waals surface area contributed by atoms with E-state index in [1.807, 2.05) is 58.0 Å². The molecule has 0 spiro atoms.